The SMILES string of the molecule is O=C(NCc1ccccc1)c1ccc2c(c1)CN(C(=O)CN1CCCCCC1)CCO2. The highest BCUT2D eigenvalue weighted by Gasteiger charge is 2.23. The van der Waals surface area contributed by atoms with E-state index in [4.69, 9.17) is 4.74 Å². The molecular weight excluding hydrogens is 390 g/mol. The van der Waals surface area contributed by atoms with E-state index in [2.05, 4.69) is 10.2 Å². The van der Waals surface area contributed by atoms with Crippen molar-refractivity contribution in [3.8, 4) is 5.75 Å². The predicted molar refractivity (Wildman–Crippen MR) is 120 cm³/mol. The van der Waals surface area contributed by atoms with E-state index < -0.39 is 0 Å². The van der Waals surface area contributed by atoms with Crippen molar-refractivity contribution >= 4 is 11.8 Å². The molecule has 1 saturated heterocycles. The molecule has 0 bridgehead atoms. The van der Waals surface area contributed by atoms with Crippen LogP contribution in [0.1, 0.15) is 47.2 Å². The second-order valence-corrected chi connectivity index (χ2v) is 8.34. The Kier molecular flexibility index (Phi) is 7.20. The van der Waals surface area contributed by atoms with Crippen molar-refractivity contribution in [1.82, 2.24) is 15.1 Å². The Bertz CT molecular complexity index is 892. The number of likely N-dealkylation sites (tertiary alicyclic amines) is 1. The molecule has 0 spiro atoms. The second-order valence-electron chi connectivity index (χ2n) is 8.34. The maximum atomic E-state index is 13.0. The number of nitrogens with zero attached hydrogens (tertiary/aromatic N) is 2. The number of ether oxygens (including phenoxy) is 1. The first-order valence-corrected chi connectivity index (χ1v) is 11.3. The molecule has 1 N–H and O–H groups in total. The molecule has 2 aliphatic heterocycles. The van der Waals surface area contributed by atoms with E-state index in [9.17, 15) is 9.59 Å². The van der Waals surface area contributed by atoms with Crippen molar-refractivity contribution in [2.24, 2.45) is 0 Å². The molecule has 0 aliphatic carbocycles. The van der Waals surface area contributed by atoms with E-state index >= 15 is 0 Å². The highest BCUT2D eigenvalue weighted by atomic mass is 16.5. The lowest BCUT2D eigenvalue weighted by atomic mass is 10.1. The molecule has 0 unspecified atom stereocenters. The Hall–Kier alpha value is -2.86. The summed E-state index contributed by atoms with van der Waals surface area (Å²) in [4.78, 5) is 29.8. The lowest BCUT2D eigenvalue weighted by Crippen LogP contribution is -2.41. The number of nitrogens with one attached hydrogen (secondary N) is 1. The highest BCUT2D eigenvalue weighted by molar-refractivity contribution is 5.94. The van der Waals surface area contributed by atoms with E-state index in [-0.39, 0.29) is 11.8 Å². The maximum Gasteiger partial charge on any atom is 0.251 e. The number of carbonyl (C=O) groups is 2. The summed E-state index contributed by atoms with van der Waals surface area (Å²) in [5.74, 6) is 0.764. The van der Waals surface area contributed by atoms with Crippen molar-refractivity contribution in [1.29, 1.82) is 0 Å². The van der Waals surface area contributed by atoms with Crippen LogP contribution in [0.25, 0.3) is 0 Å². The number of fused-ring (bicyclic) bond motifs is 1. The van der Waals surface area contributed by atoms with E-state index in [1.807, 2.05) is 47.4 Å². The van der Waals surface area contributed by atoms with Gasteiger partial charge in [-0.25, -0.2) is 0 Å². The summed E-state index contributed by atoms with van der Waals surface area (Å²) in [5.41, 5.74) is 2.52. The van der Waals surface area contributed by atoms with Gasteiger partial charge in [0.15, 0.2) is 0 Å². The molecule has 6 heteroatoms. The number of hydrogen-bond donors (Lipinski definition) is 1. The van der Waals surface area contributed by atoms with Crippen LogP contribution in [0.4, 0.5) is 0 Å². The fraction of sp³-hybridized carbons (Fsp3) is 0.440. The van der Waals surface area contributed by atoms with Gasteiger partial charge in [-0.2, -0.15) is 0 Å². The summed E-state index contributed by atoms with van der Waals surface area (Å²) in [5, 5.41) is 2.96. The Labute approximate surface area is 184 Å². The van der Waals surface area contributed by atoms with Crippen LogP contribution in [0.3, 0.4) is 0 Å². The highest BCUT2D eigenvalue weighted by Crippen LogP contribution is 2.25. The maximum absolute atomic E-state index is 13.0. The van der Waals surface area contributed by atoms with E-state index in [1.165, 1.54) is 25.7 Å². The second kappa shape index (κ2) is 10.4. The van der Waals surface area contributed by atoms with Gasteiger partial charge >= 0.3 is 0 Å². The minimum absolute atomic E-state index is 0.127. The smallest absolute Gasteiger partial charge is 0.251 e. The van der Waals surface area contributed by atoms with Gasteiger partial charge in [0.25, 0.3) is 5.91 Å². The van der Waals surface area contributed by atoms with Gasteiger partial charge in [-0.3, -0.25) is 14.5 Å². The van der Waals surface area contributed by atoms with Crippen molar-refractivity contribution in [2.75, 3.05) is 32.8 Å². The zero-order valence-electron chi connectivity index (χ0n) is 18.0. The summed E-state index contributed by atoms with van der Waals surface area (Å²) in [6.07, 6.45) is 4.84. The van der Waals surface area contributed by atoms with Gasteiger partial charge in [0.2, 0.25) is 5.91 Å². The largest absolute Gasteiger partial charge is 0.491 e. The van der Waals surface area contributed by atoms with E-state index in [0.717, 1.165) is 30.0 Å². The average molecular weight is 422 g/mol. The van der Waals surface area contributed by atoms with Crippen LogP contribution >= 0.6 is 0 Å². The van der Waals surface area contributed by atoms with Crippen LogP contribution in [0, 0.1) is 0 Å². The third-order valence-electron chi connectivity index (χ3n) is 6.01. The predicted octanol–water partition coefficient (Wildman–Crippen LogP) is 3.21. The van der Waals surface area contributed by atoms with E-state index in [0.29, 0.717) is 38.3 Å². The molecule has 0 radical (unpaired) electrons. The third kappa shape index (κ3) is 5.85. The lowest BCUT2D eigenvalue weighted by Gasteiger charge is -2.25. The number of carbonyl (C=O) groups excluding carboxylic acids is 2. The molecule has 0 saturated carbocycles. The molecule has 164 valence electrons. The van der Waals surface area contributed by atoms with Gasteiger partial charge in [-0.1, -0.05) is 43.2 Å². The summed E-state index contributed by atoms with van der Waals surface area (Å²) in [6.45, 7) is 4.45. The molecule has 31 heavy (non-hydrogen) atoms. The Morgan fingerprint density at radius 1 is 0.935 bits per heavy atom. The molecule has 2 aromatic carbocycles. The fourth-order valence-corrected chi connectivity index (χ4v) is 4.21. The quantitative estimate of drug-likeness (QED) is 0.805. The number of rotatable bonds is 5. The van der Waals surface area contributed by atoms with E-state index in [1.54, 1.807) is 6.07 Å². The number of hydrogen-bond acceptors (Lipinski definition) is 4. The zero-order chi connectivity index (χ0) is 21.5. The standard InChI is InChI=1S/C25H31N3O3/c29-24(19-27-12-6-1-2-7-13-27)28-14-15-31-23-11-10-21(16-22(23)18-28)25(30)26-17-20-8-4-3-5-9-20/h3-5,8-11,16H,1-2,6-7,12-15,17-19H2,(H,26,30). The molecule has 4 rings (SSSR count). The monoisotopic (exact) mass is 421 g/mol. The van der Waals surface area contributed by atoms with Crippen molar-refractivity contribution in [3.63, 3.8) is 0 Å². The molecule has 2 aromatic rings. The van der Waals surface area contributed by atoms with Crippen LogP contribution in [0.15, 0.2) is 48.5 Å². The minimum atomic E-state index is -0.127. The van der Waals surface area contributed by atoms with Crippen LogP contribution < -0.4 is 10.1 Å². The number of amides is 2. The molecular formula is C25H31N3O3. The molecule has 2 aliphatic rings. The van der Waals surface area contributed by atoms with Gasteiger partial charge in [0.05, 0.1) is 13.1 Å². The molecule has 2 heterocycles. The molecule has 2 amide bonds. The topological polar surface area (TPSA) is 61.9 Å². The zero-order valence-corrected chi connectivity index (χ0v) is 18.0. The van der Waals surface area contributed by atoms with Crippen molar-refractivity contribution in [3.05, 3.63) is 65.2 Å². The first-order chi connectivity index (χ1) is 15.2. The van der Waals surface area contributed by atoms with Crippen LogP contribution in [-0.2, 0) is 17.9 Å². The van der Waals surface area contributed by atoms with Crippen molar-refractivity contribution < 1.29 is 14.3 Å². The van der Waals surface area contributed by atoms with Gasteiger partial charge in [-0.05, 0) is 49.7 Å². The fourth-order valence-electron chi connectivity index (χ4n) is 4.21. The Balaban J connectivity index is 1.40. The van der Waals surface area contributed by atoms with Crippen LogP contribution in [0.5, 0.6) is 5.75 Å². The Morgan fingerprint density at radius 3 is 2.48 bits per heavy atom. The summed E-state index contributed by atoms with van der Waals surface area (Å²) >= 11 is 0. The van der Waals surface area contributed by atoms with Gasteiger partial charge in [0.1, 0.15) is 12.4 Å². The Morgan fingerprint density at radius 2 is 1.71 bits per heavy atom. The average Bonchev–Trinajstić information content (AvgIpc) is 3.18. The van der Waals surface area contributed by atoms with Crippen LogP contribution in [0.2, 0.25) is 0 Å². The van der Waals surface area contributed by atoms with Gasteiger partial charge in [0, 0.05) is 24.2 Å². The molecule has 0 atom stereocenters. The van der Waals surface area contributed by atoms with Gasteiger partial charge in [-0.15, -0.1) is 0 Å². The van der Waals surface area contributed by atoms with Crippen LogP contribution in [-0.4, -0.2) is 54.4 Å². The normalized spacial score (nSPS) is 17.1. The third-order valence-corrected chi connectivity index (χ3v) is 6.01. The molecule has 6 nitrogen and oxygen atoms in total. The summed E-state index contributed by atoms with van der Waals surface area (Å²) < 4.78 is 5.86. The number of benzene rings is 2. The first kappa shape index (κ1) is 21.4. The summed E-state index contributed by atoms with van der Waals surface area (Å²) in [6, 6.07) is 15.3. The minimum Gasteiger partial charge on any atom is -0.491 e. The summed E-state index contributed by atoms with van der Waals surface area (Å²) in [7, 11) is 0. The first-order valence-electron chi connectivity index (χ1n) is 11.3. The lowest BCUT2D eigenvalue weighted by molar-refractivity contribution is -0.133. The molecule has 1 fully saturated rings. The van der Waals surface area contributed by atoms with Crippen molar-refractivity contribution in [2.45, 2.75) is 38.8 Å². The molecule has 0 aromatic heterocycles. The van der Waals surface area contributed by atoms with Gasteiger partial charge < -0.3 is 15.0 Å².